The van der Waals surface area contributed by atoms with Crippen LogP contribution in [-0.2, 0) is 0 Å². The van der Waals surface area contributed by atoms with Crippen LogP contribution in [0.3, 0.4) is 0 Å². The molecule has 0 unspecified atom stereocenters. The van der Waals surface area contributed by atoms with Crippen LogP contribution in [0.1, 0.15) is 18.4 Å². The molecule has 0 radical (unpaired) electrons. The van der Waals surface area contributed by atoms with E-state index in [1.54, 1.807) is 12.1 Å². The van der Waals surface area contributed by atoms with E-state index in [1.165, 1.54) is 12.1 Å². The van der Waals surface area contributed by atoms with Gasteiger partial charge in [0.2, 0.25) is 0 Å². The molecule has 0 bridgehead atoms. The fourth-order valence-electron chi connectivity index (χ4n) is 2.15. The number of hydrazone groups is 1. The third-order valence-electron chi connectivity index (χ3n) is 3.49. The topological polar surface area (TPSA) is 67.5 Å². The molecule has 6 heteroatoms. The number of hydrogen-bond donors (Lipinski definition) is 1. The van der Waals surface area contributed by atoms with Crippen molar-refractivity contribution in [2.75, 3.05) is 5.43 Å². The molecule has 3 rings (SSSR count). The second-order valence-electron chi connectivity index (χ2n) is 5.19. The summed E-state index contributed by atoms with van der Waals surface area (Å²) in [5.74, 6) is 0.465. The van der Waals surface area contributed by atoms with Crippen molar-refractivity contribution >= 4 is 28.7 Å². The highest BCUT2D eigenvalue weighted by Gasteiger charge is 2.28. The van der Waals surface area contributed by atoms with Gasteiger partial charge in [-0.2, -0.15) is 5.10 Å². The molecule has 1 aliphatic rings. The summed E-state index contributed by atoms with van der Waals surface area (Å²) in [4.78, 5) is 10.2. The van der Waals surface area contributed by atoms with Gasteiger partial charge >= 0.3 is 0 Å². The lowest BCUT2D eigenvalue weighted by molar-refractivity contribution is -0.384. The maximum Gasteiger partial charge on any atom is 0.269 e. The van der Waals surface area contributed by atoms with Crippen molar-refractivity contribution in [3.05, 3.63) is 69.2 Å². The first kappa shape index (κ1) is 14.5. The zero-order valence-corrected chi connectivity index (χ0v) is 12.5. The fraction of sp³-hybridized carbons (Fsp3) is 0.188. The number of benzene rings is 2. The number of nitrogens with one attached hydrogen (secondary N) is 1. The minimum Gasteiger partial charge on any atom is -0.278 e. The van der Waals surface area contributed by atoms with Crippen LogP contribution in [-0.4, -0.2) is 10.6 Å². The number of nitro benzene ring substituents is 1. The number of nitro groups is 1. The van der Waals surface area contributed by atoms with Gasteiger partial charge in [0.25, 0.3) is 5.69 Å². The minimum atomic E-state index is -0.420. The molecule has 112 valence electrons. The average Bonchev–Trinajstić information content (AvgIpc) is 3.34. The van der Waals surface area contributed by atoms with Gasteiger partial charge in [-0.05, 0) is 42.7 Å². The van der Waals surface area contributed by atoms with Crippen molar-refractivity contribution in [1.82, 2.24) is 0 Å². The molecule has 0 atom stereocenters. The smallest absolute Gasteiger partial charge is 0.269 e. The van der Waals surface area contributed by atoms with Gasteiger partial charge in [0.1, 0.15) is 0 Å². The zero-order chi connectivity index (χ0) is 15.5. The average molecular weight is 316 g/mol. The molecule has 1 aliphatic carbocycles. The number of hydrogen-bond acceptors (Lipinski definition) is 4. The van der Waals surface area contributed by atoms with Gasteiger partial charge in [-0.1, -0.05) is 23.7 Å². The summed E-state index contributed by atoms with van der Waals surface area (Å²) in [6.07, 6.45) is 2.26. The summed E-state index contributed by atoms with van der Waals surface area (Å²) in [7, 11) is 0. The molecule has 5 nitrogen and oxygen atoms in total. The highest BCUT2D eigenvalue weighted by Crippen LogP contribution is 2.33. The SMILES string of the molecule is O=[N+]([O-])c1ccc(N/N=C(\c2ccc(Cl)cc2)C2CC2)cc1. The maximum absolute atomic E-state index is 10.6. The Bertz CT molecular complexity index is 707. The zero-order valence-electron chi connectivity index (χ0n) is 11.7. The van der Waals surface area contributed by atoms with Crippen LogP contribution in [0.25, 0.3) is 0 Å². The second kappa shape index (κ2) is 6.15. The number of non-ortho nitro benzene ring substituents is 1. The quantitative estimate of drug-likeness (QED) is 0.502. The van der Waals surface area contributed by atoms with Crippen LogP contribution in [0, 0.1) is 16.0 Å². The van der Waals surface area contributed by atoms with E-state index in [2.05, 4.69) is 10.5 Å². The fourth-order valence-corrected chi connectivity index (χ4v) is 2.28. The Morgan fingerprint density at radius 2 is 1.77 bits per heavy atom. The summed E-state index contributed by atoms with van der Waals surface area (Å²) >= 11 is 5.91. The molecule has 2 aromatic carbocycles. The van der Waals surface area contributed by atoms with Gasteiger partial charge in [0, 0.05) is 23.1 Å². The number of nitrogens with zero attached hydrogens (tertiary/aromatic N) is 2. The Kier molecular flexibility index (Phi) is 4.06. The summed E-state index contributed by atoms with van der Waals surface area (Å²) in [6.45, 7) is 0. The molecule has 0 aliphatic heterocycles. The van der Waals surface area contributed by atoms with Gasteiger partial charge in [-0.15, -0.1) is 0 Å². The van der Waals surface area contributed by atoms with E-state index < -0.39 is 4.92 Å². The predicted octanol–water partition coefficient (Wildman–Crippen LogP) is 4.47. The third-order valence-corrected chi connectivity index (χ3v) is 3.74. The molecule has 1 fully saturated rings. The van der Waals surface area contributed by atoms with Crippen LogP contribution < -0.4 is 5.43 Å². The van der Waals surface area contributed by atoms with Crippen molar-refractivity contribution in [2.45, 2.75) is 12.8 Å². The highest BCUT2D eigenvalue weighted by molar-refractivity contribution is 6.30. The van der Waals surface area contributed by atoms with Crippen LogP contribution in [0.2, 0.25) is 5.02 Å². The lowest BCUT2D eigenvalue weighted by atomic mass is 10.1. The van der Waals surface area contributed by atoms with Crippen molar-refractivity contribution < 1.29 is 4.92 Å². The molecule has 0 heterocycles. The van der Waals surface area contributed by atoms with E-state index in [4.69, 9.17) is 11.6 Å². The van der Waals surface area contributed by atoms with Crippen molar-refractivity contribution in [2.24, 2.45) is 11.0 Å². The molecule has 22 heavy (non-hydrogen) atoms. The number of anilines is 1. The van der Waals surface area contributed by atoms with E-state index >= 15 is 0 Å². The summed E-state index contributed by atoms with van der Waals surface area (Å²) < 4.78 is 0. The van der Waals surface area contributed by atoms with Gasteiger partial charge in [0.05, 0.1) is 16.3 Å². The summed E-state index contributed by atoms with van der Waals surface area (Å²) in [6, 6.07) is 13.8. The van der Waals surface area contributed by atoms with Gasteiger partial charge < -0.3 is 0 Å². The number of halogens is 1. The standard InChI is InChI=1S/C16H14ClN3O2/c17-13-5-3-12(4-6-13)16(11-1-2-11)19-18-14-7-9-15(10-8-14)20(21)22/h3-11,18H,1-2H2/b19-16-. The van der Waals surface area contributed by atoms with Crippen molar-refractivity contribution in [3.8, 4) is 0 Å². The van der Waals surface area contributed by atoms with E-state index in [0.29, 0.717) is 10.9 Å². The normalized spacial score (nSPS) is 14.7. The summed E-state index contributed by atoms with van der Waals surface area (Å²) in [5, 5.41) is 15.8. The maximum atomic E-state index is 10.6. The van der Waals surface area contributed by atoms with E-state index in [0.717, 1.165) is 29.8 Å². The van der Waals surface area contributed by atoms with Crippen molar-refractivity contribution in [1.29, 1.82) is 0 Å². The molecule has 0 aromatic heterocycles. The first-order valence-electron chi connectivity index (χ1n) is 6.97. The van der Waals surface area contributed by atoms with E-state index in [1.807, 2.05) is 24.3 Å². The minimum absolute atomic E-state index is 0.0645. The monoisotopic (exact) mass is 315 g/mol. The van der Waals surface area contributed by atoms with Crippen LogP contribution in [0.4, 0.5) is 11.4 Å². The van der Waals surface area contributed by atoms with Crippen LogP contribution in [0.15, 0.2) is 53.6 Å². The molecule has 0 saturated heterocycles. The Hall–Kier alpha value is -2.40. The number of rotatable bonds is 5. The van der Waals surface area contributed by atoms with E-state index in [-0.39, 0.29) is 5.69 Å². The molecule has 1 N–H and O–H groups in total. The van der Waals surface area contributed by atoms with Gasteiger partial charge in [-0.25, -0.2) is 0 Å². The lowest BCUT2D eigenvalue weighted by Gasteiger charge is -2.07. The van der Waals surface area contributed by atoms with E-state index in [9.17, 15) is 10.1 Å². The molecular formula is C16H14ClN3O2. The molecule has 1 saturated carbocycles. The largest absolute Gasteiger partial charge is 0.278 e. The van der Waals surface area contributed by atoms with Crippen LogP contribution >= 0.6 is 11.6 Å². The predicted molar refractivity (Wildman–Crippen MR) is 87.4 cm³/mol. The van der Waals surface area contributed by atoms with Crippen LogP contribution in [0.5, 0.6) is 0 Å². The van der Waals surface area contributed by atoms with Crippen molar-refractivity contribution in [3.63, 3.8) is 0 Å². The highest BCUT2D eigenvalue weighted by atomic mass is 35.5. The molecular weight excluding hydrogens is 302 g/mol. The van der Waals surface area contributed by atoms with Gasteiger partial charge in [-0.3, -0.25) is 15.5 Å². The molecule has 2 aromatic rings. The Labute approximate surface area is 132 Å². The second-order valence-corrected chi connectivity index (χ2v) is 5.63. The first-order valence-corrected chi connectivity index (χ1v) is 7.35. The Morgan fingerprint density at radius 3 is 2.32 bits per heavy atom. The first-order chi connectivity index (χ1) is 10.6. The molecule has 0 amide bonds. The third kappa shape index (κ3) is 3.43. The summed E-state index contributed by atoms with van der Waals surface area (Å²) in [5.41, 5.74) is 5.80. The Balaban J connectivity index is 1.78. The lowest BCUT2D eigenvalue weighted by Crippen LogP contribution is -2.06. The molecule has 0 spiro atoms. The Morgan fingerprint density at radius 1 is 1.14 bits per heavy atom. The van der Waals surface area contributed by atoms with Gasteiger partial charge in [0.15, 0.2) is 0 Å².